The van der Waals surface area contributed by atoms with E-state index in [0.717, 1.165) is 39.5 Å². The summed E-state index contributed by atoms with van der Waals surface area (Å²) in [5, 5.41) is 2.67. The average Bonchev–Trinajstić information content (AvgIpc) is 2.48. The van der Waals surface area contributed by atoms with Crippen LogP contribution in [-0.2, 0) is 19.0 Å². The minimum atomic E-state index is -0.0274. The van der Waals surface area contributed by atoms with Gasteiger partial charge in [0.1, 0.15) is 0 Å². The molecule has 0 atom stereocenters. The quantitative estimate of drug-likeness (QED) is 0.627. The van der Waals surface area contributed by atoms with Crippen molar-refractivity contribution in [3.05, 3.63) is 0 Å². The summed E-state index contributed by atoms with van der Waals surface area (Å²) in [4.78, 5) is 12.9. The fraction of sp³-hybridized carbons (Fsp3) is 0.929. The molecule has 0 aromatic rings. The summed E-state index contributed by atoms with van der Waals surface area (Å²) in [6.45, 7) is 13.1. The Morgan fingerprint density at radius 2 is 1.70 bits per heavy atom. The van der Waals surface area contributed by atoms with Crippen LogP contribution in [0.3, 0.4) is 0 Å². The molecule has 1 fully saturated rings. The van der Waals surface area contributed by atoms with E-state index >= 15 is 0 Å². The number of rotatable bonds is 9. The lowest BCUT2D eigenvalue weighted by Gasteiger charge is -2.26. The van der Waals surface area contributed by atoms with Gasteiger partial charge in [0, 0.05) is 33.1 Å². The van der Waals surface area contributed by atoms with Crippen molar-refractivity contribution in [2.24, 2.45) is 0 Å². The van der Waals surface area contributed by atoms with E-state index in [0.29, 0.717) is 26.4 Å². The number of morpholine rings is 1. The second kappa shape index (κ2) is 14.7. The molecule has 0 saturated carbocycles. The molecule has 0 spiro atoms. The first-order valence-electron chi connectivity index (χ1n) is 7.49. The van der Waals surface area contributed by atoms with Crippen LogP contribution in [0.2, 0.25) is 0 Å². The highest BCUT2D eigenvalue weighted by Crippen LogP contribution is 1.95. The van der Waals surface area contributed by atoms with Crippen molar-refractivity contribution >= 4 is 5.91 Å². The average molecular weight is 290 g/mol. The molecule has 1 aliphatic rings. The number of ether oxygens (including phenoxy) is 3. The number of carbonyl (C=O) groups is 1. The van der Waals surface area contributed by atoms with Gasteiger partial charge in [0.15, 0.2) is 0 Å². The van der Waals surface area contributed by atoms with Crippen molar-refractivity contribution in [2.45, 2.75) is 20.8 Å². The van der Waals surface area contributed by atoms with E-state index in [1.54, 1.807) is 0 Å². The third-order valence-electron chi connectivity index (χ3n) is 2.65. The molecule has 1 amide bonds. The lowest BCUT2D eigenvalue weighted by molar-refractivity contribution is -0.119. The molecule has 20 heavy (non-hydrogen) atoms. The first-order valence-corrected chi connectivity index (χ1v) is 7.49. The highest BCUT2D eigenvalue weighted by Gasteiger charge is 2.08. The van der Waals surface area contributed by atoms with E-state index in [2.05, 4.69) is 10.2 Å². The van der Waals surface area contributed by atoms with E-state index in [-0.39, 0.29) is 5.91 Å². The Morgan fingerprint density at radius 1 is 1.10 bits per heavy atom. The van der Waals surface area contributed by atoms with Crippen LogP contribution in [0.25, 0.3) is 0 Å². The molecule has 0 aromatic carbocycles. The maximum absolute atomic E-state index is 10.6. The Morgan fingerprint density at radius 3 is 2.30 bits per heavy atom. The van der Waals surface area contributed by atoms with Crippen LogP contribution in [-0.4, -0.2) is 76.6 Å². The van der Waals surface area contributed by atoms with E-state index < -0.39 is 0 Å². The summed E-state index contributed by atoms with van der Waals surface area (Å²) in [7, 11) is 0. The van der Waals surface area contributed by atoms with Crippen molar-refractivity contribution in [3.63, 3.8) is 0 Å². The number of nitrogens with one attached hydrogen (secondary N) is 1. The molecule has 1 rings (SSSR count). The summed E-state index contributed by atoms with van der Waals surface area (Å²) >= 11 is 0. The van der Waals surface area contributed by atoms with Crippen LogP contribution in [0.1, 0.15) is 20.8 Å². The maximum Gasteiger partial charge on any atom is 0.216 e. The predicted molar refractivity (Wildman–Crippen MR) is 78.9 cm³/mol. The molecule has 120 valence electrons. The zero-order valence-electron chi connectivity index (χ0n) is 13.2. The number of amides is 1. The van der Waals surface area contributed by atoms with Crippen molar-refractivity contribution in [1.29, 1.82) is 0 Å². The predicted octanol–water partition coefficient (Wildman–Crippen LogP) is 0.514. The number of hydrogen-bond acceptors (Lipinski definition) is 5. The molecular formula is C14H30N2O4. The van der Waals surface area contributed by atoms with E-state index in [4.69, 9.17) is 14.2 Å². The standard InChI is InChI=1S/C12H24N2O4.C2H6/c1-12(15)13-2-6-16-10-11-18-9-5-14-3-7-17-8-4-14;1-2/h2-11H2,1H3,(H,13,15);1-2H3. The molecule has 6 heteroatoms. The van der Waals surface area contributed by atoms with Crippen LogP contribution in [0.15, 0.2) is 0 Å². The molecule has 0 radical (unpaired) electrons. The lowest BCUT2D eigenvalue weighted by Crippen LogP contribution is -2.38. The van der Waals surface area contributed by atoms with Crippen LogP contribution >= 0.6 is 0 Å². The van der Waals surface area contributed by atoms with Crippen LogP contribution in [0.5, 0.6) is 0 Å². The van der Waals surface area contributed by atoms with Gasteiger partial charge in [-0.1, -0.05) is 13.8 Å². The number of hydrogen-bond donors (Lipinski definition) is 1. The Kier molecular flexibility index (Phi) is 14.2. The van der Waals surface area contributed by atoms with Gasteiger partial charge in [-0.15, -0.1) is 0 Å². The molecular weight excluding hydrogens is 260 g/mol. The van der Waals surface area contributed by atoms with Gasteiger partial charge in [-0.05, 0) is 0 Å². The van der Waals surface area contributed by atoms with E-state index in [1.807, 2.05) is 13.8 Å². The zero-order chi connectivity index (χ0) is 15.1. The van der Waals surface area contributed by atoms with Gasteiger partial charge >= 0.3 is 0 Å². The molecule has 1 heterocycles. The van der Waals surface area contributed by atoms with Gasteiger partial charge in [-0.2, -0.15) is 0 Å². The molecule has 0 aromatic heterocycles. The van der Waals surface area contributed by atoms with Gasteiger partial charge in [-0.25, -0.2) is 0 Å². The Hall–Kier alpha value is -0.690. The summed E-state index contributed by atoms with van der Waals surface area (Å²) < 4.78 is 16.0. The van der Waals surface area contributed by atoms with E-state index in [9.17, 15) is 4.79 Å². The SMILES string of the molecule is CC.CC(=O)NCCOCCOCCN1CCOCC1. The second-order valence-electron chi connectivity index (χ2n) is 4.16. The topological polar surface area (TPSA) is 60.0 Å². The first kappa shape index (κ1) is 19.3. The maximum atomic E-state index is 10.6. The summed E-state index contributed by atoms with van der Waals surface area (Å²) in [6.07, 6.45) is 0. The highest BCUT2D eigenvalue weighted by molar-refractivity contribution is 5.72. The van der Waals surface area contributed by atoms with Gasteiger partial charge in [-0.3, -0.25) is 9.69 Å². The fourth-order valence-electron chi connectivity index (χ4n) is 1.64. The molecule has 0 aliphatic carbocycles. The molecule has 6 nitrogen and oxygen atoms in total. The zero-order valence-corrected chi connectivity index (χ0v) is 13.2. The Balaban J connectivity index is 0.00000172. The summed E-state index contributed by atoms with van der Waals surface area (Å²) in [6, 6.07) is 0. The summed E-state index contributed by atoms with van der Waals surface area (Å²) in [5.74, 6) is -0.0274. The third-order valence-corrected chi connectivity index (χ3v) is 2.65. The minimum Gasteiger partial charge on any atom is -0.379 e. The number of nitrogens with zero attached hydrogens (tertiary/aromatic N) is 1. The van der Waals surface area contributed by atoms with Gasteiger partial charge < -0.3 is 19.5 Å². The molecule has 1 N–H and O–H groups in total. The Bertz CT molecular complexity index is 221. The van der Waals surface area contributed by atoms with Crippen molar-refractivity contribution < 1.29 is 19.0 Å². The summed E-state index contributed by atoms with van der Waals surface area (Å²) in [5.41, 5.74) is 0. The molecule has 0 bridgehead atoms. The van der Waals surface area contributed by atoms with Crippen molar-refractivity contribution in [3.8, 4) is 0 Å². The van der Waals surface area contributed by atoms with Crippen LogP contribution < -0.4 is 5.32 Å². The fourth-order valence-corrected chi connectivity index (χ4v) is 1.64. The third kappa shape index (κ3) is 12.3. The van der Waals surface area contributed by atoms with Gasteiger partial charge in [0.05, 0.1) is 39.6 Å². The minimum absolute atomic E-state index is 0.0274. The Labute approximate surface area is 122 Å². The molecule has 0 unspecified atom stereocenters. The first-order chi connectivity index (χ1) is 9.79. The smallest absolute Gasteiger partial charge is 0.216 e. The largest absolute Gasteiger partial charge is 0.379 e. The number of carbonyl (C=O) groups excluding carboxylic acids is 1. The normalized spacial score (nSPS) is 15.3. The van der Waals surface area contributed by atoms with Crippen molar-refractivity contribution in [1.82, 2.24) is 10.2 Å². The van der Waals surface area contributed by atoms with Crippen LogP contribution in [0, 0.1) is 0 Å². The lowest BCUT2D eigenvalue weighted by atomic mass is 10.4. The molecule has 1 aliphatic heterocycles. The monoisotopic (exact) mass is 290 g/mol. The van der Waals surface area contributed by atoms with Crippen LogP contribution in [0.4, 0.5) is 0 Å². The molecule has 1 saturated heterocycles. The van der Waals surface area contributed by atoms with E-state index in [1.165, 1.54) is 6.92 Å². The second-order valence-corrected chi connectivity index (χ2v) is 4.16. The van der Waals surface area contributed by atoms with Gasteiger partial charge in [0.2, 0.25) is 5.91 Å². The highest BCUT2D eigenvalue weighted by atomic mass is 16.5. The van der Waals surface area contributed by atoms with Gasteiger partial charge in [0.25, 0.3) is 0 Å². The van der Waals surface area contributed by atoms with Crippen molar-refractivity contribution in [2.75, 3.05) is 65.8 Å².